The molecule has 162 valence electrons. The highest BCUT2D eigenvalue weighted by Gasteiger charge is 2.31. The Labute approximate surface area is 183 Å². The molecule has 2 N–H and O–H groups in total. The molecule has 0 atom stereocenters. The Hall–Kier alpha value is -3.11. The number of aromatic nitrogens is 1. The number of benzene rings is 1. The summed E-state index contributed by atoms with van der Waals surface area (Å²) < 4.78 is 6.05. The number of hydrogen-bond donors (Lipinski definition) is 1. The van der Waals surface area contributed by atoms with Crippen LogP contribution in [0, 0.1) is 17.2 Å². The number of para-hydroxylation sites is 1. The Morgan fingerprint density at radius 2 is 1.87 bits per heavy atom. The third-order valence-electron chi connectivity index (χ3n) is 6.24. The first-order chi connectivity index (χ1) is 15.1. The van der Waals surface area contributed by atoms with Gasteiger partial charge in [-0.1, -0.05) is 12.1 Å². The molecule has 2 aliphatic rings. The van der Waals surface area contributed by atoms with Gasteiger partial charge in [0.2, 0.25) is 5.91 Å². The summed E-state index contributed by atoms with van der Waals surface area (Å²) in [6, 6.07) is 13.4. The number of nitriles is 1. The van der Waals surface area contributed by atoms with Gasteiger partial charge in [0.25, 0.3) is 0 Å². The van der Waals surface area contributed by atoms with E-state index < -0.39 is 0 Å². The van der Waals surface area contributed by atoms with Gasteiger partial charge >= 0.3 is 0 Å². The predicted molar refractivity (Wildman–Crippen MR) is 118 cm³/mol. The van der Waals surface area contributed by atoms with Crippen molar-refractivity contribution in [1.29, 1.82) is 5.26 Å². The standard InChI is InChI=1S/C24H29N5O2/c25-16-20-3-1-2-4-22(20)31-21-8-13-29(14-9-21)24(30)19-6-11-28(12-7-19)17-18-5-10-27-23(26)15-18/h1-5,10,15,19,21H,6-9,11-14,17H2,(H2,26,27). The van der Waals surface area contributed by atoms with Gasteiger partial charge < -0.3 is 15.4 Å². The van der Waals surface area contributed by atoms with Crippen LogP contribution in [-0.2, 0) is 11.3 Å². The van der Waals surface area contributed by atoms with Gasteiger partial charge in [-0.25, -0.2) is 4.98 Å². The Morgan fingerprint density at radius 1 is 1.13 bits per heavy atom. The number of hydrogen-bond acceptors (Lipinski definition) is 6. The van der Waals surface area contributed by atoms with Crippen LogP contribution >= 0.6 is 0 Å². The zero-order valence-corrected chi connectivity index (χ0v) is 17.7. The van der Waals surface area contributed by atoms with Crippen molar-refractivity contribution in [1.82, 2.24) is 14.8 Å². The Balaban J connectivity index is 1.23. The highest BCUT2D eigenvalue weighted by Crippen LogP contribution is 2.26. The first kappa shape index (κ1) is 21.1. The van der Waals surface area contributed by atoms with Crippen LogP contribution in [0.5, 0.6) is 5.75 Å². The number of carbonyl (C=O) groups excluding carboxylic acids is 1. The summed E-state index contributed by atoms with van der Waals surface area (Å²) in [5.74, 6) is 1.57. The summed E-state index contributed by atoms with van der Waals surface area (Å²) in [4.78, 5) is 21.5. The van der Waals surface area contributed by atoms with Gasteiger partial charge in [-0.3, -0.25) is 9.69 Å². The maximum atomic E-state index is 13.0. The van der Waals surface area contributed by atoms with Gasteiger partial charge in [-0.05, 0) is 55.8 Å². The first-order valence-corrected chi connectivity index (χ1v) is 11.0. The molecule has 2 aromatic rings. The second kappa shape index (κ2) is 9.80. The number of nitrogen functional groups attached to an aromatic ring is 1. The first-order valence-electron chi connectivity index (χ1n) is 11.0. The number of likely N-dealkylation sites (tertiary alicyclic amines) is 2. The van der Waals surface area contributed by atoms with E-state index >= 15 is 0 Å². The van der Waals surface area contributed by atoms with Crippen LogP contribution in [0.1, 0.15) is 36.8 Å². The molecular weight excluding hydrogens is 390 g/mol. The Bertz CT molecular complexity index is 941. The molecule has 2 fully saturated rings. The maximum absolute atomic E-state index is 13.0. The third-order valence-corrected chi connectivity index (χ3v) is 6.24. The van der Waals surface area contributed by atoms with Crippen molar-refractivity contribution in [3.05, 3.63) is 53.7 Å². The van der Waals surface area contributed by atoms with Crippen molar-refractivity contribution in [2.24, 2.45) is 5.92 Å². The van der Waals surface area contributed by atoms with Crippen molar-refractivity contribution in [3.8, 4) is 11.8 Å². The van der Waals surface area contributed by atoms with Crippen LogP contribution < -0.4 is 10.5 Å². The number of nitrogens with two attached hydrogens (primary N) is 1. The number of nitrogens with zero attached hydrogens (tertiary/aromatic N) is 4. The summed E-state index contributed by atoms with van der Waals surface area (Å²) in [6.07, 6.45) is 5.18. The van der Waals surface area contributed by atoms with E-state index in [9.17, 15) is 10.1 Å². The van der Waals surface area contributed by atoms with Gasteiger partial charge in [0.05, 0.1) is 5.56 Å². The molecule has 3 heterocycles. The molecule has 1 amide bonds. The quantitative estimate of drug-likeness (QED) is 0.801. The minimum Gasteiger partial charge on any atom is -0.489 e. The molecule has 7 heteroatoms. The van der Waals surface area contributed by atoms with Crippen LogP contribution in [-0.4, -0.2) is 53.0 Å². The molecule has 7 nitrogen and oxygen atoms in total. The maximum Gasteiger partial charge on any atom is 0.225 e. The lowest BCUT2D eigenvalue weighted by atomic mass is 9.94. The summed E-state index contributed by atoms with van der Waals surface area (Å²) in [5.41, 5.74) is 7.49. The number of carbonyl (C=O) groups is 1. The molecule has 1 aromatic heterocycles. The van der Waals surface area contributed by atoms with Crippen LogP contribution in [0.4, 0.5) is 5.82 Å². The van der Waals surface area contributed by atoms with Crippen LogP contribution in [0.25, 0.3) is 0 Å². The van der Waals surface area contributed by atoms with Crippen LogP contribution in [0.15, 0.2) is 42.6 Å². The Morgan fingerprint density at radius 3 is 2.58 bits per heavy atom. The summed E-state index contributed by atoms with van der Waals surface area (Å²) in [5, 5.41) is 9.23. The topological polar surface area (TPSA) is 95.5 Å². The lowest BCUT2D eigenvalue weighted by Gasteiger charge is -2.37. The predicted octanol–water partition coefficient (Wildman–Crippen LogP) is 2.82. The summed E-state index contributed by atoms with van der Waals surface area (Å²) >= 11 is 0. The van der Waals surface area contributed by atoms with Gasteiger partial charge in [0.15, 0.2) is 0 Å². The van der Waals surface area contributed by atoms with Gasteiger partial charge in [-0.15, -0.1) is 0 Å². The molecule has 0 spiro atoms. The van der Waals surface area contributed by atoms with Crippen molar-refractivity contribution in [3.63, 3.8) is 0 Å². The minimum atomic E-state index is 0.0493. The highest BCUT2D eigenvalue weighted by molar-refractivity contribution is 5.79. The average Bonchev–Trinajstić information content (AvgIpc) is 2.80. The highest BCUT2D eigenvalue weighted by atomic mass is 16.5. The monoisotopic (exact) mass is 419 g/mol. The van der Waals surface area contributed by atoms with Gasteiger partial charge in [-0.2, -0.15) is 5.26 Å². The van der Waals surface area contributed by atoms with E-state index in [2.05, 4.69) is 16.0 Å². The Kier molecular flexibility index (Phi) is 6.68. The second-order valence-electron chi connectivity index (χ2n) is 8.39. The van der Waals surface area contributed by atoms with Crippen molar-refractivity contribution >= 4 is 11.7 Å². The average molecular weight is 420 g/mol. The van der Waals surface area contributed by atoms with E-state index in [-0.39, 0.29) is 17.9 Å². The van der Waals surface area contributed by atoms with Gasteiger partial charge in [0.1, 0.15) is 23.7 Å². The molecule has 0 unspecified atom stereocenters. The SMILES string of the molecule is N#Cc1ccccc1OC1CCN(C(=O)C2CCN(Cc3ccnc(N)c3)CC2)CC1. The van der Waals surface area contributed by atoms with Gasteiger partial charge in [0, 0.05) is 44.6 Å². The lowest BCUT2D eigenvalue weighted by Crippen LogP contribution is -2.47. The molecule has 0 radical (unpaired) electrons. The lowest BCUT2D eigenvalue weighted by molar-refractivity contribution is -0.139. The molecule has 0 aliphatic carbocycles. The number of anilines is 1. The van der Waals surface area contributed by atoms with E-state index in [0.717, 1.165) is 50.9 Å². The number of amides is 1. The summed E-state index contributed by atoms with van der Waals surface area (Å²) in [7, 11) is 0. The van der Waals surface area contributed by atoms with E-state index in [1.807, 2.05) is 35.2 Å². The molecule has 1 aromatic carbocycles. The molecule has 2 saturated heterocycles. The molecule has 2 aliphatic heterocycles. The molecule has 31 heavy (non-hydrogen) atoms. The van der Waals surface area contributed by atoms with Crippen LogP contribution in [0.3, 0.4) is 0 Å². The molecular formula is C24H29N5O2. The normalized spacial score (nSPS) is 18.5. The number of piperidine rings is 2. The fourth-order valence-electron chi connectivity index (χ4n) is 4.48. The fraction of sp³-hybridized carbons (Fsp3) is 0.458. The molecule has 0 bridgehead atoms. The van der Waals surface area contributed by atoms with E-state index in [1.54, 1.807) is 12.3 Å². The third kappa shape index (κ3) is 5.33. The second-order valence-corrected chi connectivity index (χ2v) is 8.39. The minimum absolute atomic E-state index is 0.0493. The number of pyridine rings is 1. The van der Waals surface area contributed by atoms with E-state index in [1.165, 1.54) is 0 Å². The molecule has 0 saturated carbocycles. The zero-order chi connectivity index (χ0) is 21.6. The number of rotatable bonds is 5. The van der Waals surface area contributed by atoms with Crippen molar-refractivity contribution < 1.29 is 9.53 Å². The van der Waals surface area contributed by atoms with Crippen LogP contribution in [0.2, 0.25) is 0 Å². The largest absolute Gasteiger partial charge is 0.489 e. The van der Waals surface area contributed by atoms with Crippen molar-refractivity contribution in [2.45, 2.75) is 38.3 Å². The van der Waals surface area contributed by atoms with E-state index in [0.29, 0.717) is 30.2 Å². The zero-order valence-electron chi connectivity index (χ0n) is 17.7. The molecule has 4 rings (SSSR count). The number of ether oxygens (including phenoxy) is 1. The van der Waals surface area contributed by atoms with Crippen molar-refractivity contribution in [2.75, 3.05) is 31.9 Å². The van der Waals surface area contributed by atoms with E-state index in [4.69, 9.17) is 10.5 Å². The summed E-state index contributed by atoms with van der Waals surface area (Å²) in [6.45, 7) is 4.12. The fourth-order valence-corrected chi connectivity index (χ4v) is 4.48. The smallest absolute Gasteiger partial charge is 0.225 e.